The molecule has 2 aliphatic rings. The first kappa shape index (κ1) is 20.9. The van der Waals surface area contributed by atoms with Gasteiger partial charge in [-0.25, -0.2) is 14.0 Å². The van der Waals surface area contributed by atoms with E-state index in [1.54, 1.807) is 12.3 Å². The van der Waals surface area contributed by atoms with Crippen LogP contribution in [0.4, 0.5) is 0 Å². The van der Waals surface area contributed by atoms with E-state index in [-0.39, 0.29) is 11.9 Å². The van der Waals surface area contributed by atoms with Crippen LogP contribution in [0.3, 0.4) is 0 Å². The van der Waals surface area contributed by atoms with Gasteiger partial charge in [-0.05, 0) is 80.5 Å². The molecule has 2 N–H and O–H groups in total. The predicted octanol–water partition coefficient (Wildman–Crippen LogP) is 4.55. The Balaban J connectivity index is 1.61. The third-order valence-corrected chi connectivity index (χ3v) is 7.84. The highest BCUT2D eigenvalue weighted by atomic mass is 32.2. The summed E-state index contributed by atoms with van der Waals surface area (Å²) in [6.45, 7) is 6.51. The van der Waals surface area contributed by atoms with Gasteiger partial charge in [0.2, 0.25) is 0 Å². The Morgan fingerprint density at radius 1 is 1.22 bits per heavy atom. The Morgan fingerprint density at radius 3 is 2.59 bits per heavy atom. The van der Waals surface area contributed by atoms with Crippen molar-refractivity contribution >= 4 is 15.6 Å². The molecule has 2 atom stereocenters. The Kier molecular flexibility index (Phi) is 4.74. The zero-order chi connectivity index (χ0) is 22.8. The number of nitrogens with zero attached hydrogens (tertiary/aromatic N) is 3. The SMILES string of the molecule is Cc1nc(-c2cc(-c3cc4c(c(S(C)(=N)=O)c3)C(=O)N(C(C)C3CC3)C4)ccn2)[nH]c1C. The largest absolute Gasteiger partial charge is 0.341 e. The number of nitrogens with one attached hydrogen (secondary N) is 2. The standard InChI is InChI=1S/C24H27N5O2S/c1-13-14(2)28-23(27-13)20-10-17(7-8-26-20)18-9-19-12-29(15(3)16-5-6-16)24(30)22(19)21(11-18)32(4,25)31/h7-11,15-16,25H,5-6,12H2,1-4H3,(H,27,28). The lowest BCUT2D eigenvalue weighted by molar-refractivity contribution is 0.0695. The lowest BCUT2D eigenvalue weighted by Crippen LogP contribution is -2.35. The lowest BCUT2D eigenvalue weighted by Gasteiger charge is -2.24. The van der Waals surface area contributed by atoms with Gasteiger partial charge in [0.1, 0.15) is 5.69 Å². The minimum atomic E-state index is -3.09. The van der Waals surface area contributed by atoms with E-state index in [9.17, 15) is 9.00 Å². The van der Waals surface area contributed by atoms with E-state index >= 15 is 0 Å². The fourth-order valence-corrected chi connectivity index (χ4v) is 5.44. The molecule has 2 unspecified atom stereocenters. The molecule has 0 bridgehead atoms. The van der Waals surface area contributed by atoms with Crippen molar-refractivity contribution in [1.82, 2.24) is 19.9 Å². The summed E-state index contributed by atoms with van der Waals surface area (Å²) < 4.78 is 21.2. The number of carbonyl (C=O) groups is 1. The Labute approximate surface area is 188 Å². The van der Waals surface area contributed by atoms with Gasteiger partial charge in [0.15, 0.2) is 5.82 Å². The summed E-state index contributed by atoms with van der Waals surface area (Å²) in [4.78, 5) is 27.7. The van der Waals surface area contributed by atoms with Gasteiger partial charge >= 0.3 is 0 Å². The number of benzene rings is 1. The summed E-state index contributed by atoms with van der Waals surface area (Å²) in [5, 5.41) is 0. The van der Waals surface area contributed by atoms with Gasteiger partial charge in [0.25, 0.3) is 5.91 Å². The third-order valence-electron chi connectivity index (χ3n) is 6.68. The molecule has 3 aromatic rings. The first-order valence-corrected chi connectivity index (χ1v) is 12.8. The van der Waals surface area contributed by atoms with Gasteiger partial charge in [-0.2, -0.15) is 0 Å². The van der Waals surface area contributed by atoms with Crippen molar-refractivity contribution < 1.29 is 9.00 Å². The normalized spacial score (nSPS) is 18.5. The van der Waals surface area contributed by atoms with Crippen molar-refractivity contribution in [3.8, 4) is 22.6 Å². The summed E-state index contributed by atoms with van der Waals surface area (Å²) in [7, 11) is -3.09. The summed E-state index contributed by atoms with van der Waals surface area (Å²) in [5.74, 6) is 1.14. The number of H-pyrrole nitrogens is 1. The van der Waals surface area contributed by atoms with Crippen LogP contribution in [0.25, 0.3) is 22.6 Å². The minimum Gasteiger partial charge on any atom is -0.341 e. The van der Waals surface area contributed by atoms with Gasteiger partial charge in [-0.15, -0.1) is 0 Å². The van der Waals surface area contributed by atoms with Crippen molar-refractivity contribution in [1.29, 1.82) is 4.78 Å². The molecule has 3 heterocycles. The van der Waals surface area contributed by atoms with Crippen molar-refractivity contribution in [3.63, 3.8) is 0 Å². The van der Waals surface area contributed by atoms with Gasteiger partial charge in [0, 0.05) is 30.7 Å². The van der Waals surface area contributed by atoms with E-state index in [1.165, 1.54) is 6.26 Å². The molecule has 5 rings (SSSR count). The van der Waals surface area contributed by atoms with Gasteiger partial charge in [-0.3, -0.25) is 9.78 Å². The van der Waals surface area contributed by atoms with E-state index in [1.807, 2.05) is 36.9 Å². The summed E-state index contributed by atoms with van der Waals surface area (Å²) in [6, 6.07) is 7.73. The van der Waals surface area contributed by atoms with E-state index in [2.05, 4.69) is 21.9 Å². The molecule has 1 aliphatic heterocycles. The second-order valence-corrected chi connectivity index (χ2v) is 11.2. The number of hydrogen-bond donors (Lipinski definition) is 2. The number of aromatic nitrogens is 3. The average Bonchev–Trinajstić information content (AvgIpc) is 3.48. The maximum Gasteiger partial charge on any atom is 0.256 e. The topological polar surface area (TPSA) is 103 Å². The van der Waals surface area contributed by atoms with Crippen LogP contribution in [0.2, 0.25) is 0 Å². The van der Waals surface area contributed by atoms with Crippen LogP contribution in [-0.4, -0.2) is 42.3 Å². The second kappa shape index (κ2) is 7.27. The molecule has 8 heteroatoms. The molecular formula is C24H27N5O2S. The van der Waals surface area contributed by atoms with Crippen molar-refractivity contribution in [2.45, 2.75) is 51.1 Å². The van der Waals surface area contributed by atoms with Crippen LogP contribution in [0, 0.1) is 24.5 Å². The molecule has 0 saturated heterocycles. The molecule has 0 radical (unpaired) electrons. The molecular weight excluding hydrogens is 422 g/mol. The first-order chi connectivity index (χ1) is 15.1. The van der Waals surface area contributed by atoms with Crippen LogP contribution in [0.15, 0.2) is 35.4 Å². The van der Waals surface area contributed by atoms with E-state index < -0.39 is 9.73 Å². The van der Waals surface area contributed by atoms with E-state index in [0.717, 1.165) is 40.9 Å². The van der Waals surface area contributed by atoms with Crippen LogP contribution in [0.1, 0.15) is 47.1 Å². The van der Waals surface area contributed by atoms with Crippen LogP contribution < -0.4 is 0 Å². The molecule has 166 valence electrons. The highest BCUT2D eigenvalue weighted by Gasteiger charge is 2.40. The molecule has 7 nitrogen and oxygen atoms in total. The molecule has 2 aromatic heterocycles. The monoisotopic (exact) mass is 449 g/mol. The molecule has 1 fully saturated rings. The molecule has 1 saturated carbocycles. The van der Waals surface area contributed by atoms with Crippen molar-refractivity contribution in [2.75, 3.05) is 6.26 Å². The number of amides is 1. The Hall–Kier alpha value is -3.00. The van der Waals surface area contributed by atoms with Gasteiger partial charge in [-0.1, -0.05) is 0 Å². The van der Waals surface area contributed by atoms with E-state index in [4.69, 9.17) is 4.78 Å². The quantitative estimate of drug-likeness (QED) is 0.597. The summed E-state index contributed by atoms with van der Waals surface area (Å²) in [5.41, 5.74) is 5.65. The van der Waals surface area contributed by atoms with Crippen molar-refractivity contribution in [2.24, 2.45) is 5.92 Å². The smallest absolute Gasteiger partial charge is 0.256 e. The molecule has 0 spiro atoms. The predicted molar refractivity (Wildman–Crippen MR) is 124 cm³/mol. The molecule has 1 amide bonds. The van der Waals surface area contributed by atoms with E-state index in [0.29, 0.717) is 34.4 Å². The number of fused-ring (bicyclic) bond motifs is 1. The van der Waals surface area contributed by atoms with Gasteiger partial charge in [0.05, 0.1) is 25.9 Å². The number of imidazole rings is 1. The van der Waals surface area contributed by atoms with Crippen molar-refractivity contribution in [3.05, 3.63) is 53.0 Å². The highest BCUT2D eigenvalue weighted by Crippen LogP contribution is 2.41. The zero-order valence-corrected chi connectivity index (χ0v) is 19.5. The molecule has 32 heavy (non-hydrogen) atoms. The summed E-state index contributed by atoms with van der Waals surface area (Å²) in [6.07, 6.45) is 5.40. The minimum absolute atomic E-state index is 0.0975. The van der Waals surface area contributed by atoms with Crippen LogP contribution >= 0.6 is 0 Å². The maximum atomic E-state index is 13.3. The Morgan fingerprint density at radius 2 is 1.97 bits per heavy atom. The number of aromatic amines is 1. The number of pyridine rings is 1. The maximum absolute atomic E-state index is 13.3. The third kappa shape index (κ3) is 3.52. The van der Waals surface area contributed by atoms with Crippen LogP contribution in [-0.2, 0) is 16.3 Å². The number of aryl methyl sites for hydroxylation is 2. The first-order valence-electron chi connectivity index (χ1n) is 10.8. The second-order valence-electron chi connectivity index (χ2n) is 9.09. The lowest BCUT2D eigenvalue weighted by atomic mass is 10.0. The Bertz CT molecular complexity index is 1340. The molecule has 1 aliphatic carbocycles. The van der Waals surface area contributed by atoms with Gasteiger partial charge < -0.3 is 9.88 Å². The highest BCUT2D eigenvalue weighted by molar-refractivity contribution is 7.91. The molecule has 1 aromatic carbocycles. The summed E-state index contributed by atoms with van der Waals surface area (Å²) >= 11 is 0. The number of hydrogen-bond acceptors (Lipinski definition) is 5. The number of carbonyl (C=O) groups excluding carboxylic acids is 1. The average molecular weight is 450 g/mol. The fourth-order valence-electron chi connectivity index (χ4n) is 4.48. The van der Waals surface area contributed by atoms with Crippen LogP contribution in [0.5, 0.6) is 0 Å². The zero-order valence-electron chi connectivity index (χ0n) is 18.7. The fraction of sp³-hybridized carbons (Fsp3) is 0.375. The number of rotatable bonds is 5.